The van der Waals surface area contributed by atoms with Gasteiger partial charge in [-0.25, -0.2) is 14.4 Å². The largest absolute Gasteiger partial charge is 0.385 e. The van der Waals surface area contributed by atoms with Gasteiger partial charge >= 0.3 is 0 Å². The van der Waals surface area contributed by atoms with E-state index in [0.29, 0.717) is 44.9 Å². The van der Waals surface area contributed by atoms with Gasteiger partial charge in [0.2, 0.25) is 5.95 Å². The fourth-order valence-electron chi connectivity index (χ4n) is 3.60. The minimum atomic E-state index is -0.282. The molecule has 1 aromatic carbocycles. The Morgan fingerprint density at radius 3 is 2.79 bits per heavy atom. The van der Waals surface area contributed by atoms with Gasteiger partial charge in [0, 0.05) is 31.3 Å². The number of carbonyl (C=O) groups excluding carboxylic acids is 1. The zero-order valence-electron chi connectivity index (χ0n) is 15.9. The highest BCUT2D eigenvalue weighted by Gasteiger charge is 2.27. The molecule has 9 heteroatoms. The third kappa shape index (κ3) is 4.51. The van der Waals surface area contributed by atoms with Gasteiger partial charge in [0.25, 0.3) is 5.91 Å². The van der Waals surface area contributed by atoms with Crippen LogP contribution in [0.3, 0.4) is 0 Å². The van der Waals surface area contributed by atoms with E-state index >= 15 is 0 Å². The molecule has 2 aliphatic rings. The molecule has 2 heterocycles. The number of morpholine rings is 1. The molecular weight excluding hydrogens is 377 g/mol. The molecule has 1 saturated heterocycles. The number of fused-ring (bicyclic) bond motifs is 1. The highest BCUT2D eigenvalue weighted by molar-refractivity contribution is 6.02. The number of halogens is 1. The first-order valence-electron chi connectivity index (χ1n) is 9.51. The maximum absolute atomic E-state index is 13.3. The van der Waals surface area contributed by atoms with Crippen molar-refractivity contribution in [3.63, 3.8) is 0 Å². The van der Waals surface area contributed by atoms with Gasteiger partial charge in [0.05, 0.1) is 24.6 Å². The molecule has 1 amide bonds. The summed E-state index contributed by atoms with van der Waals surface area (Å²) in [6, 6.07) is 6.40. The Hall–Kier alpha value is -3.07. The quantitative estimate of drug-likeness (QED) is 0.782. The smallest absolute Gasteiger partial charge is 0.263 e. The van der Waals surface area contributed by atoms with Gasteiger partial charge in [-0.1, -0.05) is 17.3 Å². The zero-order chi connectivity index (χ0) is 20.2. The highest BCUT2D eigenvalue weighted by Crippen LogP contribution is 2.32. The molecule has 152 valence electrons. The molecule has 0 saturated carbocycles. The number of carbonyl (C=O) groups is 1. The normalized spacial score (nSPS) is 20.4. The van der Waals surface area contributed by atoms with E-state index in [2.05, 4.69) is 15.1 Å². The Kier molecular flexibility index (Phi) is 5.66. The first-order valence-corrected chi connectivity index (χ1v) is 9.51. The van der Waals surface area contributed by atoms with E-state index in [4.69, 9.17) is 15.3 Å². The van der Waals surface area contributed by atoms with Gasteiger partial charge in [0.1, 0.15) is 5.82 Å². The van der Waals surface area contributed by atoms with Crippen molar-refractivity contribution >= 4 is 17.6 Å². The van der Waals surface area contributed by atoms with E-state index < -0.39 is 0 Å². The van der Waals surface area contributed by atoms with Crippen molar-refractivity contribution in [1.82, 2.24) is 14.9 Å². The molecule has 1 unspecified atom stereocenters. The molecule has 8 nitrogen and oxygen atoms in total. The number of aromatic nitrogens is 2. The summed E-state index contributed by atoms with van der Waals surface area (Å²) < 4.78 is 18.5. The Balaban J connectivity index is 1.51. The summed E-state index contributed by atoms with van der Waals surface area (Å²) in [7, 11) is 0. The number of nitrogen functional groups attached to an aromatic ring is 1. The summed E-state index contributed by atoms with van der Waals surface area (Å²) in [5.74, 6) is -0.173. The first-order chi connectivity index (χ1) is 14.1. The monoisotopic (exact) mass is 399 g/mol. The minimum Gasteiger partial charge on any atom is -0.385 e. The molecule has 1 atom stereocenters. The maximum atomic E-state index is 13.3. The van der Waals surface area contributed by atoms with Crippen LogP contribution >= 0.6 is 0 Å². The van der Waals surface area contributed by atoms with E-state index in [1.165, 1.54) is 12.1 Å². The van der Waals surface area contributed by atoms with E-state index in [-0.39, 0.29) is 30.2 Å². The summed E-state index contributed by atoms with van der Waals surface area (Å²) in [4.78, 5) is 27.7. The van der Waals surface area contributed by atoms with E-state index in [0.717, 1.165) is 16.8 Å². The second kappa shape index (κ2) is 8.52. The van der Waals surface area contributed by atoms with Crippen LogP contribution in [0.2, 0.25) is 0 Å². The Bertz CT molecular complexity index is 913. The molecule has 1 fully saturated rings. The first kappa shape index (κ1) is 19.3. The number of amides is 1. The molecule has 29 heavy (non-hydrogen) atoms. The average Bonchev–Trinajstić information content (AvgIpc) is 2.74. The summed E-state index contributed by atoms with van der Waals surface area (Å²) in [6.07, 6.45) is 2.83. The topological polar surface area (TPSA) is 103 Å². The maximum Gasteiger partial charge on any atom is 0.263 e. The number of rotatable bonds is 4. The van der Waals surface area contributed by atoms with Crippen LogP contribution in [-0.2, 0) is 20.8 Å². The second-order valence-electron chi connectivity index (χ2n) is 7.05. The number of nitrogens with zero attached hydrogens (tertiary/aromatic N) is 4. The standard InChI is InChI=1S/C20H22FN5O3/c21-15-3-1-13(2-4-15)14-9-17-16(11-23-20(22)24-17)18(10-14)25-29-12-19(27)26-5-7-28-8-6-26/h1-4,11,14H,5-10,12H2,(H2,22,23,24)/b25-18+. The van der Waals surface area contributed by atoms with Crippen LogP contribution in [-0.4, -0.2) is 59.4 Å². The van der Waals surface area contributed by atoms with Crippen LogP contribution in [0.5, 0.6) is 0 Å². The number of benzene rings is 1. The van der Waals surface area contributed by atoms with Crippen molar-refractivity contribution in [2.24, 2.45) is 5.16 Å². The number of hydrogen-bond donors (Lipinski definition) is 1. The van der Waals surface area contributed by atoms with Crippen LogP contribution < -0.4 is 5.73 Å². The molecule has 0 spiro atoms. The molecule has 2 N–H and O–H groups in total. The Labute approximate surface area is 167 Å². The molecule has 4 rings (SSSR count). The van der Waals surface area contributed by atoms with Crippen LogP contribution in [0.15, 0.2) is 35.6 Å². The van der Waals surface area contributed by atoms with E-state index in [1.54, 1.807) is 23.2 Å². The van der Waals surface area contributed by atoms with Crippen LogP contribution in [0.25, 0.3) is 0 Å². The van der Waals surface area contributed by atoms with Gasteiger partial charge < -0.3 is 20.2 Å². The van der Waals surface area contributed by atoms with Gasteiger partial charge in [-0.15, -0.1) is 0 Å². The summed E-state index contributed by atoms with van der Waals surface area (Å²) in [5, 5.41) is 4.23. The molecule has 0 radical (unpaired) electrons. The lowest BCUT2D eigenvalue weighted by atomic mass is 9.82. The van der Waals surface area contributed by atoms with Crippen molar-refractivity contribution < 1.29 is 18.8 Å². The number of oxime groups is 1. The molecule has 1 aliphatic carbocycles. The lowest BCUT2D eigenvalue weighted by Crippen LogP contribution is -2.42. The summed E-state index contributed by atoms with van der Waals surface area (Å²) in [6.45, 7) is 2.04. The molecular formula is C20H22FN5O3. The van der Waals surface area contributed by atoms with Crippen molar-refractivity contribution in [3.05, 3.63) is 53.1 Å². The molecule has 0 bridgehead atoms. The summed E-state index contributed by atoms with van der Waals surface area (Å²) >= 11 is 0. The SMILES string of the molecule is Nc1ncc2c(n1)CC(c1ccc(F)cc1)C/C2=N\OCC(=O)N1CCOCC1. The molecule has 1 aliphatic heterocycles. The fourth-order valence-corrected chi connectivity index (χ4v) is 3.60. The van der Waals surface area contributed by atoms with Crippen molar-refractivity contribution in [3.8, 4) is 0 Å². The van der Waals surface area contributed by atoms with Gasteiger partial charge in [-0.2, -0.15) is 0 Å². The number of nitrogens with two attached hydrogens (primary N) is 1. The number of ether oxygens (including phenoxy) is 1. The van der Waals surface area contributed by atoms with Crippen LogP contribution in [0, 0.1) is 5.82 Å². The predicted molar refractivity (Wildman–Crippen MR) is 104 cm³/mol. The van der Waals surface area contributed by atoms with Crippen molar-refractivity contribution in [2.45, 2.75) is 18.8 Å². The Morgan fingerprint density at radius 1 is 1.28 bits per heavy atom. The van der Waals surface area contributed by atoms with E-state index in [1.807, 2.05) is 0 Å². The molecule has 2 aromatic rings. The second-order valence-corrected chi connectivity index (χ2v) is 7.05. The average molecular weight is 399 g/mol. The minimum absolute atomic E-state index is 0.0506. The third-order valence-electron chi connectivity index (χ3n) is 5.14. The third-order valence-corrected chi connectivity index (χ3v) is 5.14. The number of anilines is 1. The summed E-state index contributed by atoms with van der Waals surface area (Å²) in [5.41, 5.74) is 8.90. The van der Waals surface area contributed by atoms with Crippen molar-refractivity contribution in [1.29, 1.82) is 0 Å². The number of hydrogen-bond acceptors (Lipinski definition) is 7. The predicted octanol–water partition coefficient (Wildman–Crippen LogP) is 1.51. The lowest BCUT2D eigenvalue weighted by Gasteiger charge is -2.27. The molecule has 1 aromatic heterocycles. The van der Waals surface area contributed by atoms with Crippen molar-refractivity contribution in [2.75, 3.05) is 38.6 Å². The highest BCUT2D eigenvalue weighted by atomic mass is 19.1. The Morgan fingerprint density at radius 2 is 2.03 bits per heavy atom. The van der Waals surface area contributed by atoms with Crippen LogP contribution in [0.1, 0.15) is 29.2 Å². The zero-order valence-corrected chi connectivity index (χ0v) is 15.9. The van der Waals surface area contributed by atoms with Gasteiger partial charge in [0.15, 0.2) is 6.61 Å². The van der Waals surface area contributed by atoms with E-state index in [9.17, 15) is 9.18 Å². The fraction of sp³-hybridized carbons (Fsp3) is 0.400. The van der Waals surface area contributed by atoms with Crippen LogP contribution in [0.4, 0.5) is 10.3 Å². The van der Waals surface area contributed by atoms with Gasteiger partial charge in [-0.05, 0) is 30.0 Å². The van der Waals surface area contributed by atoms with Gasteiger partial charge in [-0.3, -0.25) is 4.79 Å². The lowest BCUT2D eigenvalue weighted by molar-refractivity contribution is -0.140.